The van der Waals surface area contributed by atoms with Gasteiger partial charge in [-0.3, -0.25) is 4.79 Å². The van der Waals surface area contributed by atoms with E-state index in [2.05, 4.69) is 19.4 Å². The molecule has 11 heteroatoms. The molecular formula is C13H13N3O7S. The Morgan fingerprint density at radius 3 is 2.67 bits per heavy atom. The number of nitrogens with two attached hydrogens (primary N) is 1. The van der Waals surface area contributed by atoms with Gasteiger partial charge in [0.15, 0.2) is 5.16 Å². The normalized spacial score (nSPS) is 11.8. The van der Waals surface area contributed by atoms with E-state index in [1.165, 1.54) is 6.07 Å². The number of thioether (sulfide) groups is 1. The van der Waals surface area contributed by atoms with Crippen molar-refractivity contribution < 1.29 is 34.1 Å². The summed E-state index contributed by atoms with van der Waals surface area (Å²) in [6.45, 7) is -0.430. The van der Waals surface area contributed by atoms with Crippen LogP contribution in [0.15, 0.2) is 23.4 Å². The van der Waals surface area contributed by atoms with E-state index in [0.717, 1.165) is 11.8 Å². The molecule has 0 aliphatic heterocycles. The number of H-pyrrole nitrogens is 1. The van der Waals surface area contributed by atoms with Crippen molar-refractivity contribution in [2.24, 2.45) is 5.73 Å². The second kappa shape index (κ2) is 7.55. The summed E-state index contributed by atoms with van der Waals surface area (Å²) in [5, 5.41) is 17.5. The molecule has 0 bridgehead atoms. The van der Waals surface area contributed by atoms with Crippen LogP contribution >= 0.6 is 11.8 Å². The molecule has 0 fully saturated rings. The van der Waals surface area contributed by atoms with E-state index in [4.69, 9.17) is 15.9 Å². The van der Waals surface area contributed by atoms with Crippen LogP contribution in [0.4, 0.5) is 9.59 Å². The van der Waals surface area contributed by atoms with Gasteiger partial charge >= 0.3 is 12.3 Å². The maximum absolute atomic E-state index is 11.1. The molecule has 0 radical (unpaired) electrons. The molecule has 1 atom stereocenters. The van der Waals surface area contributed by atoms with Crippen LogP contribution in [-0.2, 0) is 9.47 Å². The summed E-state index contributed by atoms with van der Waals surface area (Å²) in [7, 11) is 0. The Bertz CT molecular complexity index is 776. The number of amides is 1. The van der Waals surface area contributed by atoms with Gasteiger partial charge in [-0.15, -0.1) is 0 Å². The Morgan fingerprint density at radius 2 is 2.04 bits per heavy atom. The van der Waals surface area contributed by atoms with Crippen molar-refractivity contribution >= 4 is 41.0 Å². The Kier molecular flexibility index (Phi) is 5.47. The number of benzene rings is 1. The summed E-state index contributed by atoms with van der Waals surface area (Å²) >= 11 is 1.12. The smallest absolute Gasteiger partial charge is 0.450 e. The number of nitrogens with zero attached hydrogens (tertiary/aromatic N) is 1. The minimum absolute atomic E-state index is 0.0854. The molecule has 2 aromatic rings. The molecule has 1 aromatic carbocycles. The van der Waals surface area contributed by atoms with Crippen LogP contribution in [0.1, 0.15) is 10.4 Å². The van der Waals surface area contributed by atoms with Crippen molar-refractivity contribution in [2.75, 3.05) is 12.4 Å². The van der Waals surface area contributed by atoms with Gasteiger partial charge in [-0.25, -0.2) is 14.6 Å². The third-order valence-corrected chi connectivity index (χ3v) is 3.82. The number of ether oxygens (including phenoxy) is 2. The maximum atomic E-state index is 11.1. The first-order chi connectivity index (χ1) is 11.3. The maximum Gasteiger partial charge on any atom is 0.506 e. The number of nitrogens with one attached hydrogen (secondary N) is 1. The number of rotatable bonds is 7. The molecule has 10 nitrogen and oxygen atoms in total. The highest BCUT2D eigenvalue weighted by Crippen LogP contribution is 2.21. The van der Waals surface area contributed by atoms with Crippen LogP contribution in [-0.4, -0.2) is 56.9 Å². The topological polar surface area (TPSA) is 165 Å². The zero-order valence-corrected chi connectivity index (χ0v) is 12.9. The molecule has 1 heterocycles. The lowest BCUT2D eigenvalue weighted by atomic mass is 10.2. The first-order valence-corrected chi connectivity index (χ1v) is 7.51. The van der Waals surface area contributed by atoms with Gasteiger partial charge in [0.1, 0.15) is 12.7 Å². The molecule has 1 unspecified atom stereocenters. The zero-order chi connectivity index (χ0) is 17.7. The number of hydrogen-bond acceptors (Lipinski definition) is 7. The van der Waals surface area contributed by atoms with E-state index in [9.17, 15) is 14.4 Å². The van der Waals surface area contributed by atoms with Gasteiger partial charge in [0.2, 0.25) is 5.91 Å². The average Bonchev–Trinajstić information content (AvgIpc) is 2.91. The minimum atomic E-state index is -1.54. The van der Waals surface area contributed by atoms with Crippen molar-refractivity contribution in [1.82, 2.24) is 9.97 Å². The van der Waals surface area contributed by atoms with E-state index in [1.54, 1.807) is 12.1 Å². The molecule has 0 saturated carbocycles. The van der Waals surface area contributed by atoms with Crippen molar-refractivity contribution in [1.29, 1.82) is 0 Å². The minimum Gasteiger partial charge on any atom is -0.450 e. The molecule has 0 saturated heterocycles. The molecule has 0 aliphatic carbocycles. The van der Waals surface area contributed by atoms with Crippen molar-refractivity contribution in [3.05, 3.63) is 23.8 Å². The number of hydrogen-bond donors (Lipinski definition) is 4. The fourth-order valence-corrected chi connectivity index (χ4v) is 2.65. The molecule has 2 rings (SSSR count). The Balaban J connectivity index is 2.05. The van der Waals surface area contributed by atoms with Crippen LogP contribution in [0.2, 0.25) is 0 Å². The Morgan fingerprint density at radius 1 is 1.29 bits per heavy atom. The summed E-state index contributed by atoms with van der Waals surface area (Å²) in [6.07, 6.45) is -4.05. The van der Waals surface area contributed by atoms with E-state index in [1.807, 2.05) is 0 Å². The van der Waals surface area contributed by atoms with Gasteiger partial charge in [-0.2, -0.15) is 0 Å². The Labute approximate surface area is 138 Å². The number of primary amides is 1. The number of fused-ring (bicyclic) bond motifs is 1. The van der Waals surface area contributed by atoms with E-state index in [0.29, 0.717) is 21.8 Å². The van der Waals surface area contributed by atoms with Crippen molar-refractivity contribution in [2.45, 2.75) is 11.3 Å². The highest BCUT2D eigenvalue weighted by Gasteiger charge is 2.18. The van der Waals surface area contributed by atoms with E-state index < -0.39 is 30.9 Å². The van der Waals surface area contributed by atoms with Crippen LogP contribution in [0.25, 0.3) is 11.0 Å². The number of carboxylic acid groups (broad SMARTS) is 2. The van der Waals surface area contributed by atoms with E-state index >= 15 is 0 Å². The number of carbonyl (C=O) groups excluding carboxylic acids is 1. The standard InChI is InChI=1S/C13H13N3O7S/c14-10(17)6-1-2-8-9(3-6)16-11(15-8)24-5-7(23-13(20)21)4-22-12(18)19/h1-3,7H,4-5H2,(H2,14,17)(H,15,16)(H,18,19)(H,20,21). The summed E-state index contributed by atoms with van der Waals surface area (Å²) in [6, 6.07) is 4.72. The first kappa shape index (κ1) is 17.4. The molecule has 128 valence electrons. The molecular weight excluding hydrogens is 342 g/mol. The molecule has 1 amide bonds. The molecule has 5 N–H and O–H groups in total. The van der Waals surface area contributed by atoms with Crippen molar-refractivity contribution in [3.63, 3.8) is 0 Å². The third kappa shape index (κ3) is 4.78. The van der Waals surface area contributed by atoms with Crippen LogP contribution in [0.3, 0.4) is 0 Å². The number of aromatic nitrogens is 2. The lowest BCUT2D eigenvalue weighted by Crippen LogP contribution is -2.26. The van der Waals surface area contributed by atoms with Crippen LogP contribution < -0.4 is 5.73 Å². The highest BCUT2D eigenvalue weighted by atomic mass is 32.2. The highest BCUT2D eigenvalue weighted by molar-refractivity contribution is 7.99. The first-order valence-electron chi connectivity index (χ1n) is 6.53. The molecule has 24 heavy (non-hydrogen) atoms. The Hall–Kier alpha value is -2.95. The SMILES string of the molecule is NC(=O)c1ccc2[nH]c(SCC(COC(=O)O)OC(=O)O)nc2c1. The number of aromatic amines is 1. The fraction of sp³-hybridized carbons (Fsp3) is 0.231. The summed E-state index contributed by atoms with van der Waals surface area (Å²) in [4.78, 5) is 39.3. The molecule has 0 spiro atoms. The van der Waals surface area contributed by atoms with Gasteiger partial charge in [0, 0.05) is 11.3 Å². The van der Waals surface area contributed by atoms with Crippen LogP contribution in [0.5, 0.6) is 0 Å². The summed E-state index contributed by atoms with van der Waals surface area (Å²) < 4.78 is 8.88. The number of imidazole rings is 1. The third-order valence-electron chi connectivity index (χ3n) is 2.81. The fourth-order valence-electron chi connectivity index (χ4n) is 1.80. The van der Waals surface area contributed by atoms with Gasteiger partial charge in [-0.05, 0) is 18.2 Å². The van der Waals surface area contributed by atoms with E-state index in [-0.39, 0.29) is 5.75 Å². The lowest BCUT2D eigenvalue weighted by molar-refractivity contribution is 0.0140. The van der Waals surface area contributed by atoms with Gasteiger partial charge in [-0.1, -0.05) is 11.8 Å². The van der Waals surface area contributed by atoms with Crippen molar-refractivity contribution in [3.8, 4) is 0 Å². The lowest BCUT2D eigenvalue weighted by Gasteiger charge is -2.13. The second-order valence-corrected chi connectivity index (χ2v) is 5.54. The molecule has 0 aliphatic rings. The summed E-state index contributed by atoms with van der Waals surface area (Å²) in [5.74, 6) is -0.489. The van der Waals surface area contributed by atoms with Gasteiger partial charge < -0.3 is 30.4 Å². The molecule has 1 aromatic heterocycles. The zero-order valence-electron chi connectivity index (χ0n) is 12.1. The average molecular weight is 355 g/mol. The summed E-state index contributed by atoms with van der Waals surface area (Å²) in [5.41, 5.74) is 6.70. The monoisotopic (exact) mass is 355 g/mol. The predicted molar refractivity (Wildman–Crippen MR) is 82.2 cm³/mol. The largest absolute Gasteiger partial charge is 0.506 e. The van der Waals surface area contributed by atoms with Gasteiger partial charge in [0.05, 0.1) is 11.0 Å². The van der Waals surface area contributed by atoms with Crippen LogP contribution in [0, 0.1) is 0 Å². The number of carbonyl (C=O) groups is 3. The van der Waals surface area contributed by atoms with Gasteiger partial charge in [0.25, 0.3) is 0 Å². The second-order valence-electron chi connectivity index (χ2n) is 4.53. The quantitative estimate of drug-likeness (QED) is 0.425. The predicted octanol–water partition coefficient (Wildman–Crippen LogP) is 1.51.